The molecule has 0 radical (unpaired) electrons. The minimum absolute atomic E-state index is 0.00925. The van der Waals surface area contributed by atoms with Gasteiger partial charge in [-0.05, 0) is 78.6 Å². The Bertz CT molecular complexity index is 1060. The molecule has 0 spiro atoms. The van der Waals surface area contributed by atoms with E-state index in [-0.39, 0.29) is 23.1 Å². The number of piperidine rings is 3. The van der Waals surface area contributed by atoms with Crippen LogP contribution in [0.2, 0.25) is 0 Å². The Balaban J connectivity index is 1.39. The number of alkyl carbamates (subject to hydrolysis) is 1. The van der Waals surface area contributed by atoms with Crippen LogP contribution < -0.4 is 5.32 Å². The molecule has 3 saturated heterocycles. The number of carbonyl (C=O) groups is 1. The van der Waals surface area contributed by atoms with E-state index in [4.69, 9.17) is 4.74 Å². The van der Waals surface area contributed by atoms with Gasteiger partial charge in [0.1, 0.15) is 6.10 Å². The molecule has 1 unspecified atom stereocenters. The van der Waals surface area contributed by atoms with Crippen LogP contribution in [0.3, 0.4) is 0 Å². The monoisotopic (exact) mass is 444 g/mol. The first kappa shape index (κ1) is 21.3. The zero-order valence-electron chi connectivity index (χ0n) is 18.3. The molecule has 32 heavy (non-hydrogen) atoms. The van der Waals surface area contributed by atoms with E-state index in [0.29, 0.717) is 11.5 Å². The standard InChI is InChI=1S/C25H27F3N2O2/c1-25(2)12-16-4-3-15(17-5-6-19(26)22(28)21(17)27)11-18(16)23(25)29-24(31)32-20-13-30-9-7-14(20)8-10-30/h3-6,11,14,20,23H,7-10,12-13H2,1-2H3,(H,29,31)/t20-,23?/m1/s1. The zero-order valence-corrected chi connectivity index (χ0v) is 18.3. The van der Waals surface area contributed by atoms with Crippen molar-refractivity contribution in [3.8, 4) is 11.1 Å². The second kappa shape index (κ2) is 7.80. The minimum Gasteiger partial charge on any atom is -0.445 e. The lowest BCUT2D eigenvalue weighted by Gasteiger charge is -2.44. The van der Waals surface area contributed by atoms with E-state index in [0.717, 1.165) is 56.1 Å². The molecule has 1 aliphatic carbocycles. The Labute approximate surface area is 185 Å². The van der Waals surface area contributed by atoms with Gasteiger partial charge >= 0.3 is 6.09 Å². The van der Waals surface area contributed by atoms with Crippen LogP contribution in [0.5, 0.6) is 0 Å². The Morgan fingerprint density at radius 1 is 1.09 bits per heavy atom. The number of nitrogens with zero attached hydrogens (tertiary/aromatic N) is 1. The van der Waals surface area contributed by atoms with Crippen LogP contribution in [0.1, 0.15) is 43.9 Å². The average molecular weight is 444 g/mol. The normalized spacial score (nSPS) is 27.8. The summed E-state index contributed by atoms with van der Waals surface area (Å²) in [5.41, 5.74) is 2.04. The first-order valence-electron chi connectivity index (χ1n) is 11.2. The second-order valence-electron chi connectivity index (χ2n) is 9.96. The van der Waals surface area contributed by atoms with Gasteiger partial charge in [0, 0.05) is 12.1 Å². The molecule has 3 fully saturated rings. The number of amides is 1. The van der Waals surface area contributed by atoms with Crippen molar-refractivity contribution in [1.29, 1.82) is 0 Å². The summed E-state index contributed by atoms with van der Waals surface area (Å²) in [6.07, 6.45) is 2.30. The van der Waals surface area contributed by atoms with E-state index >= 15 is 0 Å². The fourth-order valence-electron chi connectivity index (χ4n) is 5.56. The first-order valence-corrected chi connectivity index (χ1v) is 11.2. The van der Waals surface area contributed by atoms with Crippen LogP contribution in [0, 0.1) is 28.8 Å². The van der Waals surface area contributed by atoms with Crippen molar-refractivity contribution in [2.75, 3.05) is 19.6 Å². The molecule has 0 aromatic heterocycles. The molecule has 2 atom stereocenters. The average Bonchev–Trinajstić information content (AvgIpc) is 3.02. The minimum atomic E-state index is -1.49. The lowest BCUT2D eigenvalue weighted by atomic mass is 9.85. The molecular formula is C25H27F3N2O2. The highest BCUT2D eigenvalue weighted by Crippen LogP contribution is 2.46. The van der Waals surface area contributed by atoms with E-state index in [2.05, 4.69) is 24.1 Å². The number of nitrogens with one attached hydrogen (secondary N) is 1. The summed E-state index contributed by atoms with van der Waals surface area (Å²) in [6.45, 7) is 7.04. The summed E-state index contributed by atoms with van der Waals surface area (Å²) >= 11 is 0. The number of ether oxygens (including phenoxy) is 1. The third-order valence-electron chi connectivity index (χ3n) is 7.35. The van der Waals surface area contributed by atoms with Crippen molar-refractivity contribution in [1.82, 2.24) is 10.2 Å². The van der Waals surface area contributed by atoms with Gasteiger partial charge in [0.05, 0.1) is 6.04 Å². The topological polar surface area (TPSA) is 41.6 Å². The summed E-state index contributed by atoms with van der Waals surface area (Å²) in [6, 6.07) is 7.16. The van der Waals surface area contributed by atoms with Crippen molar-refractivity contribution in [2.24, 2.45) is 11.3 Å². The predicted molar refractivity (Wildman–Crippen MR) is 115 cm³/mol. The first-order chi connectivity index (χ1) is 15.2. The Hall–Kier alpha value is -2.54. The van der Waals surface area contributed by atoms with Crippen LogP contribution in [0.15, 0.2) is 30.3 Å². The van der Waals surface area contributed by atoms with Gasteiger partial charge in [-0.25, -0.2) is 18.0 Å². The number of hydrogen-bond donors (Lipinski definition) is 1. The third kappa shape index (κ3) is 3.66. The number of rotatable bonds is 3. The number of benzene rings is 2. The van der Waals surface area contributed by atoms with E-state index in [9.17, 15) is 18.0 Å². The van der Waals surface area contributed by atoms with Crippen molar-refractivity contribution in [3.63, 3.8) is 0 Å². The highest BCUT2D eigenvalue weighted by Gasteiger charge is 2.42. The van der Waals surface area contributed by atoms with Crippen molar-refractivity contribution >= 4 is 6.09 Å². The maximum atomic E-state index is 14.4. The Kier molecular flexibility index (Phi) is 5.19. The highest BCUT2D eigenvalue weighted by molar-refractivity contribution is 5.71. The van der Waals surface area contributed by atoms with Gasteiger partial charge in [-0.2, -0.15) is 0 Å². The fraction of sp³-hybridized carbons (Fsp3) is 0.480. The smallest absolute Gasteiger partial charge is 0.407 e. The van der Waals surface area contributed by atoms with E-state index in [1.54, 1.807) is 12.1 Å². The van der Waals surface area contributed by atoms with Crippen LogP contribution in [-0.4, -0.2) is 36.7 Å². The molecule has 4 aliphatic rings. The molecule has 7 heteroatoms. The summed E-state index contributed by atoms with van der Waals surface area (Å²) in [7, 11) is 0. The van der Waals surface area contributed by atoms with Gasteiger partial charge in [-0.1, -0.05) is 26.0 Å². The number of carbonyl (C=O) groups excluding carboxylic acids is 1. The zero-order chi connectivity index (χ0) is 22.6. The van der Waals surface area contributed by atoms with Gasteiger partial charge in [0.2, 0.25) is 0 Å². The quantitative estimate of drug-likeness (QED) is 0.661. The molecule has 4 nitrogen and oxygen atoms in total. The Morgan fingerprint density at radius 3 is 2.53 bits per heavy atom. The summed E-state index contributed by atoms with van der Waals surface area (Å²) in [5, 5.41) is 3.04. The van der Waals surface area contributed by atoms with Crippen LogP contribution in [0.25, 0.3) is 11.1 Å². The predicted octanol–water partition coefficient (Wildman–Crippen LogP) is 5.21. The molecule has 0 saturated carbocycles. The lowest BCUT2D eigenvalue weighted by Crippen LogP contribution is -2.53. The molecule has 170 valence electrons. The number of hydrogen-bond acceptors (Lipinski definition) is 3. The van der Waals surface area contributed by atoms with Gasteiger partial charge in [0.15, 0.2) is 17.5 Å². The summed E-state index contributed by atoms with van der Waals surface area (Å²) in [5.74, 6) is -3.51. The fourth-order valence-corrected chi connectivity index (χ4v) is 5.56. The highest BCUT2D eigenvalue weighted by atomic mass is 19.2. The van der Waals surface area contributed by atoms with Gasteiger partial charge in [-0.3, -0.25) is 4.90 Å². The maximum Gasteiger partial charge on any atom is 0.407 e. The maximum absolute atomic E-state index is 14.4. The molecular weight excluding hydrogens is 417 g/mol. The van der Waals surface area contributed by atoms with Gasteiger partial charge < -0.3 is 10.1 Å². The van der Waals surface area contributed by atoms with Crippen LogP contribution in [0.4, 0.5) is 18.0 Å². The summed E-state index contributed by atoms with van der Waals surface area (Å²) in [4.78, 5) is 15.2. The Morgan fingerprint density at radius 2 is 1.84 bits per heavy atom. The molecule has 2 aromatic carbocycles. The molecule has 3 aliphatic heterocycles. The van der Waals surface area contributed by atoms with Gasteiger partial charge in [-0.15, -0.1) is 0 Å². The molecule has 3 heterocycles. The summed E-state index contributed by atoms with van der Waals surface area (Å²) < 4.78 is 47.4. The van der Waals surface area contributed by atoms with Crippen molar-refractivity contribution in [2.45, 2.75) is 45.3 Å². The third-order valence-corrected chi connectivity index (χ3v) is 7.35. The van der Waals surface area contributed by atoms with E-state index in [1.165, 1.54) is 6.07 Å². The second-order valence-corrected chi connectivity index (χ2v) is 9.96. The van der Waals surface area contributed by atoms with Gasteiger partial charge in [0.25, 0.3) is 0 Å². The lowest BCUT2D eigenvalue weighted by molar-refractivity contribution is -0.0348. The van der Waals surface area contributed by atoms with Crippen LogP contribution in [-0.2, 0) is 11.2 Å². The van der Waals surface area contributed by atoms with Crippen LogP contribution >= 0.6 is 0 Å². The van der Waals surface area contributed by atoms with Crippen molar-refractivity contribution < 1.29 is 22.7 Å². The molecule has 1 N–H and O–H groups in total. The molecule has 1 amide bonds. The number of fused-ring (bicyclic) bond motifs is 4. The van der Waals surface area contributed by atoms with Crippen molar-refractivity contribution in [3.05, 3.63) is 58.9 Å². The molecule has 2 bridgehead atoms. The molecule has 2 aromatic rings. The number of halogens is 3. The molecule has 6 rings (SSSR count). The largest absolute Gasteiger partial charge is 0.445 e. The SMILES string of the molecule is CC1(C)Cc2ccc(-c3ccc(F)c(F)c3F)cc2C1NC(=O)O[C@@H]1CN2CCC1CC2. The van der Waals surface area contributed by atoms with E-state index in [1.807, 2.05) is 6.07 Å². The van der Waals surface area contributed by atoms with E-state index < -0.39 is 23.5 Å².